The summed E-state index contributed by atoms with van der Waals surface area (Å²) >= 11 is 1.60. The third kappa shape index (κ3) is 2.10. The predicted octanol–water partition coefficient (Wildman–Crippen LogP) is 4.78. The topological polar surface area (TPSA) is 50.9 Å². The zero-order valence-electron chi connectivity index (χ0n) is 11.2. The summed E-state index contributed by atoms with van der Waals surface area (Å²) in [6.45, 7) is 0. The fourth-order valence-electron chi connectivity index (χ4n) is 2.48. The van der Waals surface area contributed by atoms with Crippen LogP contribution in [0.5, 0.6) is 0 Å². The number of nitrogen functional groups attached to an aromatic ring is 1. The van der Waals surface area contributed by atoms with Gasteiger partial charge in [-0.05, 0) is 35.0 Å². The minimum atomic E-state index is 0.696. The Kier molecular flexibility index (Phi) is 2.75. The van der Waals surface area contributed by atoms with Gasteiger partial charge >= 0.3 is 0 Å². The number of fused-ring (bicyclic) bond motifs is 2. The summed E-state index contributed by atoms with van der Waals surface area (Å²) in [7, 11) is 0. The van der Waals surface area contributed by atoms with E-state index in [4.69, 9.17) is 5.73 Å². The first-order chi connectivity index (χ1) is 10.3. The van der Waals surface area contributed by atoms with E-state index in [2.05, 4.69) is 40.6 Å². The van der Waals surface area contributed by atoms with Gasteiger partial charge in [0.1, 0.15) is 5.52 Å². The van der Waals surface area contributed by atoms with Crippen molar-refractivity contribution < 1.29 is 0 Å². The van der Waals surface area contributed by atoms with Crippen molar-refractivity contribution in [3.05, 3.63) is 60.1 Å². The van der Waals surface area contributed by atoms with Crippen LogP contribution >= 0.6 is 11.3 Å². The third-order valence-corrected chi connectivity index (χ3v) is 4.36. The first-order valence-electron chi connectivity index (χ1n) is 6.69. The zero-order valence-corrected chi connectivity index (χ0v) is 12.0. The molecular formula is C17H13N3S. The minimum Gasteiger partial charge on any atom is -0.395 e. The van der Waals surface area contributed by atoms with Gasteiger partial charge in [-0.25, -0.2) is 4.98 Å². The molecule has 1 heterocycles. The number of anilines is 3. The SMILES string of the molecule is Nc1c(Nc2ccc3ccccc3c2)ccc2scnc12. The maximum Gasteiger partial charge on any atom is 0.106 e. The van der Waals surface area contributed by atoms with Crippen molar-refractivity contribution in [2.75, 3.05) is 11.1 Å². The number of nitrogens with one attached hydrogen (secondary N) is 1. The van der Waals surface area contributed by atoms with Crippen LogP contribution in [0.2, 0.25) is 0 Å². The van der Waals surface area contributed by atoms with Crippen molar-refractivity contribution in [2.45, 2.75) is 0 Å². The largest absolute Gasteiger partial charge is 0.395 e. The molecule has 0 saturated heterocycles. The van der Waals surface area contributed by atoms with Crippen LogP contribution in [0.4, 0.5) is 17.1 Å². The lowest BCUT2D eigenvalue weighted by Gasteiger charge is -2.10. The van der Waals surface area contributed by atoms with Gasteiger partial charge in [0.2, 0.25) is 0 Å². The number of aromatic nitrogens is 1. The van der Waals surface area contributed by atoms with E-state index < -0.39 is 0 Å². The standard InChI is InChI=1S/C17H13N3S/c18-16-14(7-8-15-17(16)19-10-21-15)20-13-6-5-11-3-1-2-4-12(11)9-13/h1-10,20H,18H2. The molecule has 0 fully saturated rings. The van der Waals surface area contributed by atoms with Crippen molar-refractivity contribution in [3.63, 3.8) is 0 Å². The Bertz CT molecular complexity index is 943. The van der Waals surface area contributed by atoms with Crippen molar-refractivity contribution in [2.24, 2.45) is 0 Å². The Balaban J connectivity index is 1.76. The maximum atomic E-state index is 6.21. The van der Waals surface area contributed by atoms with Crippen molar-refractivity contribution in [3.8, 4) is 0 Å². The van der Waals surface area contributed by atoms with E-state index >= 15 is 0 Å². The second-order valence-corrected chi connectivity index (χ2v) is 5.80. The van der Waals surface area contributed by atoms with Crippen LogP contribution in [-0.4, -0.2) is 4.98 Å². The van der Waals surface area contributed by atoms with Crippen molar-refractivity contribution in [1.29, 1.82) is 0 Å². The van der Waals surface area contributed by atoms with Crippen LogP contribution in [-0.2, 0) is 0 Å². The van der Waals surface area contributed by atoms with Gasteiger partial charge in [-0.2, -0.15) is 0 Å². The average molecular weight is 291 g/mol. The summed E-state index contributed by atoms with van der Waals surface area (Å²) in [5.41, 5.74) is 11.5. The Morgan fingerprint density at radius 2 is 1.81 bits per heavy atom. The monoisotopic (exact) mass is 291 g/mol. The molecule has 4 heteroatoms. The molecule has 0 bridgehead atoms. The summed E-state index contributed by atoms with van der Waals surface area (Å²) in [5, 5.41) is 5.82. The number of thiazole rings is 1. The molecule has 0 radical (unpaired) electrons. The van der Waals surface area contributed by atoms with E-state index in [0.29, 0.717) is 5.69 Å². The lowest BCUT2D eigenvalue weighted by molar-refractivity contribution is 1.49. The van der Waals surface area contributed by atoms with Crippen LogP contribution in [0, 0.1) is 0 Å². The highest BCUT2D eigenvalue weighted by Crippen LogP contribution is 2.32. The molecule has 0 atom stereocenters. The van der Waals surface area contributed by atoms with Crippen LogP contribution < -0.4 is 11.1 Å². The van der Waals surface area contributed by atoms with Crippen molar-refractivity contribution >= 4 is 49.4 Å². The molecule has 0 saturated carbocycles. The molecule has 21 heavy (non-hydrogen) atoms. The first kappa shape index (κ1) is 12.2. The molecule has 0 aliphatic heterocycles. The zero-order chi connectivity index (χ0) is 14.2. The molecule has 0 spiro atoms. The smallest absolute Gasteiger partial charge is 0.106 e. The van der Waals surface area contributed by atoms with Gasteiger partial charge in [0.05, 0.1) is 21.6 Å². The summed E-state index contributed by atoms with van der Waals surface area (Å²) in [6, 6.07) is 18.6. The van der Waals surface area contributed by atoms with E-state index in [1.807, 2.05) is 29.8 Å². The number of nitrogens with zero attached hydrogens (tertiary/aromatic N) is 1. The lowest BCUT2D eigenvalue weighted by atomic mass is 10.1. The number of hydrogen-bond acceptors (Lipinski definition) is 4. The molecule has 0 aliphatic rings. The average Bonchev–Trinajstić information content (AvgIpc) is 2.99. The summed E-state index contributed by atoms with van der Waals surface area (Å²) in [6.07, 6.45) is 0. The molecule has 0 aliphatic carbocycles. The highest BCUT2D eigenvalue weighted by atomic mass is 32.1. The van der Waals surface area contributed by atoms with Crippen molar-refractivity contribution in [1.82, 2.24) is 4.98 Å². The molecule has 0 unspecified atom stereocenters. The second-order valence-electron chi connectivity index (χ2n) is 4.91. The Morgan fingerprint density at radius 3 is 2.71 bits per heavy atom. The number of hydrogen-bond donors (Lipinski definition) is 2. The molecular weight excluding hydrogens is 278 g/mol. The molecule has 102 valence electrons. The van der Waals surface area contributed by atoms with E-state index in [9.17, 15) is 0 Å². The van der Waals surface area contributed by atoms with Crippen LogP contribution in [0.25, 0.3) is 21.0 Å². The van der Waals surface area contributed by atoms with Gasteiger partial charge in [0.25, 0.3) is 0 Å². The highest BCUT2D eigenvalue weighted by Gasteiger charge is 2.07. The lowest BCUT2D eigenvalue weighted by Crippen LogP contribution is -1.97. The number of rotatable bonds is 2. The van der Waals surface area contributed by atoms with E-state index in [-0.39, 0.29) is 0 Å². The van der Waals surface area contributed by atoms with Gasteiger partial charge in [-0.15, -0.1) is 11.3 Å². The van der Waals surface area contributed by atoms with Gasteiger partial charge in [0.15, 0.2) is 0 Å². The number of nitrogens with two attached hydrogens (primary N) is 1. The van der Waals surface area contributed by atoms with Gasteiger partial charge in [-0.3, -0.25) is 0 Å². The molecule has 4 rings (SSSR count). The predicted molar refractivity (Wildman–Crippen MR) is 91.3 cm³/mol. The quantitative estimate of drug-likeness (QED) is 0.523. The van der Waals surface area contributed by atoms with E-state index in [1.165, 1.54) is 10.8 Å². The van der Waals surface area contributed by atoms with Gasteiger partial charge in [-0.1, -0.05) is 30.3 Å². The fourth-order valence-corrected chi connectivity index (χ4v) is 3.18. The summed E-state index contributed by atoms with van der Waals surface area (Å²) < 4.78 is 1.11. The second kappa shape index (κ2) is 4.75. The minimum absolute atomic E-state index is 0.696. The molecule has 1 aromatic heterocycles. The Hall–Kier alpha value is -2.59. The van der Waals surface area contributed by atoms with E-state index in [0.717, 1.165) is 21.6 Å². The maximum absolute atomic E-state index is 6.21. The van der Waals surface area contributed by atoms with Crippen LogP contribution in [0.1, 0.15) is 0 Å². The van der Waals surface area contributed by atoms with Crippen LogP contribution in [0.3, 0.4) is 0 Å². The molecule has 4 aromatic rings. The van der Waals surface area contributed by atoms with Crippen LogP contribution in [0.15, 0.2) is 60.1 Å². The van der Waals surface area contributed by atoms with E-state index in [1.54, 1.807) is 11.3 Å². The normalized spacial score (nSPS) is 11.0. The summed E-state index contributed by atoms with van der Waals surface area (Å²) in [5.74, 6) is 0. The molecule has 3 nitrogen and oxygen atoms in total. The summed E-state index contributed by atoms with van der Waals surface area (Å²) in [4.78, 5) is 4.32. The van der Waals surface area contributed by atoms with Gasteiger partial charge < -0.3 is 11.1 Å². The highest BCUT2D eigenvalue weighted by molar-refractivity contribution is 7.16. The fraction of sp³-hybridized carbons (Fsp3) is 0. The molecule has 3 aromatic carbocycles. The Morgan fingerprint density at radius 1 is 0.952 bits per heavy atom. The Labute approximate surface area is 126 Å². The molecule has 3 N–H and O–H groups in total. The third-order valence-electron chi connectivity index (χ3n) is 3.57. The first-order valence-corrected chi connectivity index (χ1v) is 7.57. The molecule has 0 amide bonds. The number of benzene rings is 3. The van der Waals surface area contributed by atoms with Gasteiger partial charge in [0, 0.05) is 5.69 Å².